The summed E-state index contributed by atoms with van der Waals surface area (Å²) in [6.45, 7) is 1.87. The SMILES string of the molecule is CN=C(N)Nc1nc(-c2cccc(CNC(C)=O)n2)cs1.CS(=O)(=O)O.CS(=O)(=O)O. The van der Waals surface area contributed by atoms with Gasteiger partial charge in [-0.2, -0.15) is 16.8 Å². The number of aliphatic imine (C=N–C) groups is 1. The van der Waals surface area contributed by atoms with Crippen LogP contribution in [0, 0.1) is 0 Å². The molecule has 0 bridgehead atoms. The first kappa shape index (κ1) is 28.3. The largest absolute Gasteiger partial charge is 0.370 e. The van der Waals surface area contributed by atoms with Gasteiger partial charge in [-0.1, -0.05) is 6.07 Å². The second-order valence-corrected chi connectivity index (χ2v) is 9.45. The maximum Gasteiger partial charge on any atom is 0.261 e. The Balaban J connectivity index is 0.000000752. The summed E-state index contributed by atoms with van der Waals surface area (Å²) in [4.78, 5) is 23.6. The topological polar surface area (TPSA) is 214 Å². The van der Waals surface area contributed by atoms with E-state index in [2.05, 4.69) is 25.6 Å². The number of amides is 1. The number of aromatic nitrogens is 2. The molecule has 0 aromatic carbocycles. The molecule has 13 nitrogen and oxygen atoms in total. The third kappa shape index (κ3) is 17.9. The van der Waals surface area contributed by atoms with Crippen molar-refractivity contribution in [3.63, 3.8) is 0 Å². The summed E-state index contributed by atoms with van der Waals surface area (Å²) in [6, 6.07) is 5.61. The lowest BCUT2D eigenvalue weighted by atomic mass is 10.2. The molecule has 0 radical (unpaired) electrons. The molecule has 0 atom stereocenters. The van der Waals surface area contributed by atoms with E-state index in [-0.39, 0.29) is 5.91 Å². The van der Waals surface area contributed by atoms with Gasteiger partial charge in [-0.25, -0.2) is 9.97 Å². The molecule has 2 aromatic heterocycles. The standard InChI is InChI=1S/C13H16N6OS.2CH4O3S/c1-8(20)16-6-9-4-3-5-10(17-9)11-7-21-13(18-11)19-12(14)15-2;2*1-5(2,3)4/h3-5,7H,6H2,1-2H3,(H,16,20)(H3,14,15,18,19);2*1H3,(H,2,3,4). The molecule has 0 fully saturated rings. The number of anilines is 1. The zero-order chi connectivity index (χ0) is 24.2. The molecule has 174 valence electrons. The highest BCUT2D eigenvalue weighted by Gasteiger charge is 2.07. The Labute approximate surface area is 184 Å². The second-order valence-electron chi connectivity index (χ2n) is 5.66. The van der Waals surface area contributed by atoms with E-state index in [9.17, 15) is 21.6 Å². The monoisotopic (exact) mass is 496 g/mol. The van der Waals surface area contributed by atoms with Crippen molar-refractivity contribution < 1.29 is 30.7 Å². The maximum absolute atomic E-state index is 10.9. The average molecular weight is 497 g/mol. The Morgan fingerprint density at radius 3 is 2.16 bits per heavy atom. The van der Waals surface area contributed by atoms with Gasteiger partial charge in [0.15, 0.2) is 11.1 Å². The minimum absolute atomic E-state index is 0.0864. The summed E-state index contributed by atoms with van der Waals surface area (Å²) in [5, 5.41) is 8.14. The van der Waals surface area contributed by atoms with Crippen molar-refractivity contribution in [2.75, 3.05) is 24.9 Å². The third-order valence-electron chi connectivity index (χ3n) is 2.57. The predicted molar refractivity (Wildman–Crippen MR) is 119 cm³/mol. The van der Waals surface area contributed by atoms with E-state index < -0.39 is 20.2 Å². The third-order valence-corrected chi connectivity index (χ3v) is 3.33. The van der Waals surface area contributed by atoms with Crippen molar-refractivity contribution in [2.45, 2.75) is 13.5 Å². The van der Waals surface area contributed by atoms with Gasteiger partial charge >= 0.3 is 0 Å². The number of rotatable bonds is 4. The van der Waals surface area contributed by atoms with Gasteiger partial charge in [-0.15, -0.1) is 11.3 Å². The average Bonchev–Trinajstić information content (AvgIpc) is 3.05. The van der Waals surface area contributed by atoms with E-state index in [0.29, 0.717) is 30.1 Å². The first-order valence-electron chi connectivity index (χ1n) is 8.09. The van der Waals surface area contributed by atoms with Gasteiger partial charge in [0, 0.05) is 19.4 Å². The molecule has 6 N–H and O–H groups in total. The molecule has 31 heavy (non-hydrogen) atoms. The van der Waals surface area contributed by atoms with Crippen LogP contribution in [0.25, 0.3) is 11.4 Å². The Morgan fingerprint density at radius 1 is 1.13 bits per heavy atom. The van der Waals surface area contributed by atoms with Gasteiger partial charge in [-0.3, -0.25) is 18.9 Å². The molecule has 1 amide bonds. The van der Waals surface area contributed by atoms with Crippen molar-refractivity contribution in [2.24, 2.45) is 10.7 Å². The lowest BCUT2D eigenvalue weighted by molar-refractivity contribution is -0.119. The number of nitrogens with two attached hydrogens (primary N) is 1. The summed E-state index contributed by atoms with van der Waals surface area (Å²) in [5.41, 5.74) is 7.86. The summed E-state index contributed by atoms with van der Waals surface area (Å²) >= 11 is 1.42. The van der Waals surface area contributed by atoms with Crippen molar-refractivity contribution >= 4 is 48.6 Å². The van der Waals surface area contributed by atoms with Crippen LogP contribution in [-0.4, -0.2) is 67.3 Å². The van der Waals surface area contributed by atoms with Gasteiger partial charge < -0.3 is 16.4 Å². The number of nitrogens with zero attached hydrogens (tertiary/aromatic N) is 3. The molecule has 2 aromatic rings. The fourth-order valence-electron chi connectivity index (χ4n) is 1.55. The van der Waals surface area contributed by atoms with Gasteiger partial charge in [0.1, 0.15) is 5.69 Å². The zero-order valence-corrected chi connectivity index (χ0v) is 19.5. The highest BCUT2D eigenvalue weighted by atomic mass is 32.2. The molecule has 0 unspecified atom stereocenters. The molecular weight excluding hydrogens is 472 g/mol. The number of carbonyl (C=O) groups is 1. The molecule has 0 aliphatic heterocycles. The van der Waals surface area contributed by atoms with Crippen LogP contribution >= 0.6 is 11.3 Å². The Kier molecular flexibility index (Phi) is 11.8. The van der Waals surface area contributed by atoms with Crippen LogP contribution in [0.15, 0.2) is 28.6 Å². The van der Waals surface area contributed by atoms with Gasteiger partial charge in [0.05, 0.1) is 30.4 Å². The van der Waals surface area contributed by atoms with E-state index in [1.807, 2.05) is 23.6 Å². The smallest absolute Gasteiger partial charge is 0.261 e. The summed E-state index contributed by atoms with van der Waals surface area (Å²) in [5.74, 6) is 0.222. The highest BCUT2D eigenvalue weighted by Crippen LogP contribution is 2.23. The van der Waals surface area contributed by atoms with Crippen LogP contribution in [-0.2, 0) is 31.6 Å². The van der Waals surface area contributed by atoms with Crippen molar-refractivity contribution in [3.8, 4) is 11.4 Å². The van der Waals surface area contributed by atoms with Crippen LogP contribution in [0.1, 0.15) is 12.6 Å². The summed E-state index contributed by atoms with van der Waals surface area (Å²) in [7, 11) is -5.73. The van der Waals surface area contributed by atoms with Crippen molar-refractivity contribution in [1.29, 1.82) is 0 Å². The molecule has 16 heteroatoms. The minimum atomic E-state index is -3.67. The predicted octanol–water partition coefficient (Wildman–Crippen LogP) is 0.206. The van der Waals surface area contributed by atoms with E-state index in [0.717, 1.165) is 17.1 Å². The van der Waals surface area contributed by atoms with E-state index >= 15 is 0 Å². The zero-order valence-electron chi connectivity index (χ0n) is 17.1. The van der Waals surface area contributed by atoms with Crippen molar-refractivity contribution in [3.05, 3.63) is 29.3 Å². The number of guanidine groups is 1. The van der Waals surface area contributed by atoms with Gasteiger partial charge in [0.2, 0.25) is 5.91 Å². The fourth-order valence-corrected chi connectivity index (χ4v) is 2.26. The quantitative estimate of drug-likeness (QED) is 0.219. The summed E-state index contributed by atoms with van der Waals surface area (Å²) < 4.78 is 51.7. The molecule has 0 saturated carbocycles. The fraction of sp³-hybridized carbons (Fsp3) is 0.333. The normalized spacial score (nSPS) is 11.4. The van der Waals surface area contributed by atoms with Gasteiger partial charge in [-0.05, 0) is 12.1 Å². The molecular formula is C15H24N6O7S3. The highest BCUT2D eigenvalue weighted by molar-refractivity contribution is 7.85. The summed E-state index contributed by atoms with van der Waals surface area (Å²) in [6.07, 6.45) is 1.43. The molecule has 2 rings (SSSR count). The van der Waals surface area contributed by atoms with Crippen molar-refractivity contribution in [1.82, 2.24) is 15.3 Å². The van der Waals surface area contributed by atoms with Crippen LogP contribution in [0.4, 0.5) is 5.13 Å². The van der Waals surface area contributed by atoms with E-state index in [1.54, 1.807) is 7.05 Å². The van der Waals surface area contributed by atoms with E-state index in [1.165, 1.54) is 18.3 Å². The Hall–Kier alpha value is -2.66. The molecule has 2 heterocycles. The maximum atomic E-state index is 10.9. The lowest BCUT2D eigenvalue weighted by Crippen LogP contribution is -2.21. The Morgan fingerprint density at radius 2 is 1.68 bits per heavy atom. The molecule has 0 aliphatic rings. The van der Waals surface area contributed by atoms with Crippen LogP contribution in [0.5, 0.6) is 0 Å². The second kappa shape index (κ2) is 12.9. The first-order chi connectivity index (χ1) is 14.1. The van der Waals surface area contributed by atoms with E-state index in [4.69, 9.17) is 14.8 Å². The number of thiazole rings is 1. The molecule has 0 spiro atoms. The number of pyridine rings is 1. The lowest BCUT2D eigenvalue weighted by Gasteiger charge is -2.03. The number of hydrogen-bond acceptors (Lipinski definition) is 9. The number of hydrogen-bond donors (Lipinski definition) is 5. The number of nitrogens with one attached hydrogen (secondary N) is 2. The van der Waals surface area contributed by atoms with Gasteiger partial charge in [0.25, 0.3) is 20.2 Å². The van der Waals surface area contributed by atoms with Crippen LogP contribution in [0.3, 0.4) is 0 Å². The number of carbonyl (C=O) groups excluding carboxylic acids is 1. The Bertz CT molecular complexity index is 1050. The molecule has 0 saturated heterocycles. The molecule has 0 aliphatic carbocycles. The minimum Gasteiger partial charge on any atom is -0.370 e. The first-order valence-corrected chi connectivity index (χ1v) is 12.7. The van der Waals surface area contributed by atoms with Crippen LogP contribution in [0.2, 0.25) is 0 Å². The van der Waals surface area contributed by atoms with Crippen LogP contribution < -0.4 is 16.4 Å².